The molecule has 7 nitrogen and oxygen atoms in total. The number of carbonyl (C=O) groups is 1. The van der Waals surface area contributed by atoms with Crippen molar-refractivity contribution in [3.05, 3.63) is 65.0 Å². The van der Waals surface area contributed by atoms with Gasteiger partial charge in [0, 0.05) is 12.2 Å². The first-order valence-electron chi connectivity index (χ1n) is 8.85. The monoisotopic (exact) mass is 386 g/mol. The van der Waals surface area contributed by atoms with Crippen molar-refractivity contribution in [2.45, 2.75) is 38.0 Å². The number of hydrogen-bond donors (Lipinski definition) is 1. The molecule has 0 saturated carbocycles. The molecule has 0 unspecified atom stereocenters. The molecule has 3 rings (SSSR count). The summed E-state index contributed by atoms with van der Waals surface area (Å²) >= 11 is 1.26. The van der Waals surface area contributed by atoms with E-state index < -0.39 is 0 Å². The third-order valence-electron chi connectivity index (χ3n) is 4.05. The number of thioether (sulfide) groups is 1. The predicted molar refractivity (Wildman–Crippen MR) is 105 cm³/mol. The van der Waals surface area contributed by atoms with E-state index in [1.165, 1.54) is 11.8 Å². The number of nitrogens with zero attached hydrogens (tertiary/aromatic N) is 3. The molecule has 0 radical (unpaired) electrons. The summed E-state index contributed by atoms with van der Waals surface area (Å²) in [5.41, 5.74) is 0.554. The van der Waals surface area contributed by atoms with Gasteiger partial charge in [-0.05, 0) is 30.7 Å². The van der Waals surface area contributed by atoms with Crippen molar-refractivity contribution in [2.75, 3.05) is 10.7 Å². The second-order valence-corrected chi connectivity index (χ2v) is 6.94. The van der Waals surface area contributed by atoms with Gasteiger partial charge < -0.3 is 9.32 Å². The van der Waals surface area contributed by atoms with Crippen molar-refractivity contribution >= 4 is 23.4 Å². The summed E-state index contributed by atoms with van der Waals surface area (Å²) in [5.74, 6) is 0.795. The molecule has 0 spiro atoms. The van der Waals surface area contributed by atoms with Gasteiger partial charge in [-0.3, -0.25) is 9.36 Å². The van der Waals surface area contributed by atoms with Gasteiger partial charge in [0.25, 0.3) is 0 Å². The van der Waals surface area contributed by atoms with Crippen molar-refractivity contribution in [1.29, 1.82) is 0 Å². The molecule has 1 amide bonds. The van der Waals surface area contributed by atoms with Crippen LogP contribution in [0.4, 0.5) is 5.69 Å². The molecule has 8 heteroatoms. The lowest BCUT2D eigenvalue weighted by Crippen LogP contribution is -2.32. The summed E-state index contributed by atoms with van der Waals surface area (Å²) in [6, 6.07) is 13.1. The van der Waals surface area contributed by atoms with E-state index >= 15 is 0 Å². The summed E-state index contributed by atoms with van der Waals surface area (Å²) in [6.07, 6.45) is 3.45. The maximum absolute atomic E-state index is 12.9. The summed E-state index contributed by atoms with van der Waals surface area (Å²) < 4.78 is 6.99. The Labute approximate surface area is 161 Å². The number of H-pyrrole nitrogens is 1. The van der Waals surface area contributed by atoms with Crippen LogP contribution in [0.3, 0.4) is 0 Å². The van der Waals surface area contributed by atoms with Gasteiger partial charge in [0.15, 0.2) is 5.16 Å². The zero-order valence-electron chi connectivity index (χ0n) is 15.1. The SMILES string of the molecule is CCCCn1c(SCC(=O)N(Cc2ccco2)c2ccccc2)n[nH]c1=O. The highest BCUT2D eigenvalue weighted by Gasteiger charge is 2.19. The summed E-state index contributed by atoms with van der Waals surface area (Å²) in [4.78, 5) is 26.5. The zero-order chi connectivity index (χ0) is 19.1. The zero-order valence-corrected chi connectivity index (χ0v) is 15.9. The first-order chi connectivity index (χ1) is 13.2. The Hall–Kier alpha value is -2.74. The van der Waals surface area contributed by atoms with Gasteiger partial charge in [-0.15, -0.1) is 5.10 Å². The largest absolute Gasteiger partial charge is 0.467 e. The van der Waals surface area contributed by atoms with E-state index in [2.05, 4.69) is 17.1 Å². The summed E-state index contributed by atoms with van der Waals surface area (Å²) in [5, 5.41) is 7.05. The number of nitrogens with one attached hydrogen (secondary N) is 1. The number of hydrogen-bond acceptors (Lipinski definition) is 5. The van der Waals surface area contributed by atoms with Crippen LogP contribution in [-0.2, 0) is 17.9 Å². The molecule has 27 heavy (non-hydrogen) atoms. The molecule has 1 N–H and O–H groups in total. The highest BCUT2D eigenvalue weighted by Crippen LogP contribution is 2.21. The van der Waals surface area contributed by atoms with Gasteiger partial charge in [-0.25, -0.2) is 9.89 Å². The number of aromatic amines is 1. The van der Waals surface area contributed by atoms with Crippen LogP contribution in [0.1, 0.15) is 25.5 Å². The molecule has 142 valence electrons. The van der Waals surface area contributed by atoms with Gasteiger partial charge in [-0.2, -0.15) is 0 Å². The van der Waals surface area contributed by atoms with Crippen LogP contribution in [0, 0.1) is 0 Å². The fourth-order valence-corrected chi connectivity index (χ4v) is 3.47. The third-order valence-corrected chi connectivity index (χ3v) is 5.01. The second-order valence-electron chi connectivity index (χ2n) is 6.00. The normalized spacial score (nSPS) is 10.9. The molecular weight excluding hydrogens is 364 g/mol. The number of benzene rings is 1. The van der Waals surface area contributed by atoms with Gasteiger partial charge >= 0.3 is 5.69 Å². The second kappa shape index (κ2) is 9.27. The van der Waals surface area contributed by atoms with E-state index in [0.717, 1.165) is 18.5 Å². The average molecular weight is 386 g/mol. The van der Waals surface area contributed by atoms with E-state index in [-0.39, 0.29) is 17.3 Å². The Morgan fingerprint density at radius 2 is 2.07 bits per heavy atom. The van der Waals surface area contributed by atoms with Crippen molar-refractivity contribution in [1.82, 2.24) is 14.8 Å². The van der Waals surface area contributed by atoms with E-state index in [1.54, 1.807) is 21.8 Å². The van der Waals surface area contributed by atoms with Gasteiger partial charge in [0.1, 0.15) is 5.76 Å². The smallest absolute Gasteiger partial charge is 0.343 e. The lowest BCUT2D eigenvalue weighted by Gasteiger charge is -2.21. The molecule has 1 aromatic carbocycles. The van der Waals surface area contributed by atoms with Crippen molar-refractivity contribution < 1.29 is 9.21 Å². The molecular formula is C19H22N4O3S. The van der Waals surface area contributed by atoms with Crippen molar-refractivity contribution in [3.8, 4) is 0 Å². The Morgan fingerprint density at radius 3 is 2.78 bits per heavy atom. The Bertz CT molecular complexity index is 903. The molecule has 2 heterocycles. The molecule has 3 aromatic rings. The van der Waals surface area contributed by atoms with E-state index in [0.29, 0.717) is 24.0 Å². The molecule has 2 aromatic heterocycles. The fourth-order valence-electron chi connectivity index (χ4n) is 2.62. The maximum atomic E-state index is 12.9. The average Bonchev–Trinajstić information content (AvgIpc) is 3.33. The molecule has 0 atom stereocenters. The number of carbonyl (C=O) groups excluding carboxylic acids is 1. The number of aromatic nitrogens is 3. The molecule has 0 aliphatic heterocycles. The number of unbranched alkanes of at least 4 members (excludes halogenated alkanes) is 1. The predicted octanol–water partition coefficient (Wildman–Crippen LogP) is 3.29. The summed E-state index contributed by atoms with van der Waals surface area (Å²) in [7, 11) is 0. The number of amides is 1. The van der Waals surface area contributed by atoms with Crippen LogP contribution in [-0.4, -0.2) is 26.4 Å². The quantitative estimate of drug-likeness (QED) is 0.571. The lowest BCUT2D eigenvalue weighted by molar-refractivity contribution is -0.116. The first kappa shape index (κ1) is 19.0. The van der Waals surface area contributed by atoms with E-state index in [9.17, 15) is 9.59 Å². The minimum Gasteiger partial charge on any atom is -0.467 e. The van der Waals surface area contributed by atoms with Crippen LogP contribution in [0.2, 0.25) is 0 Å². The fraction of sp³-hybridized carbons (Fsp3) is 0.316. The highest BCUT2D eigenvalue weighted by molar-refractivity contribution is 7.99. The van der Waals surface area contributed by atoms with Crippen LogP contribution >= 0.6 is 11.8 Å². The van der Waals surface area contributed by atoms with E-state index in [4.69, 9.17) is 4.42 Å². The van der Waals surface area contributed by atoms with Crippen molar-refractivity contribution in [3.63, 3.8) is 0 Å². The Kier molecular flexibility index (Phi) is 6.54. The Balaban J connectivity index is 1.72. The van der Waals surface area contributed by atoms with E-state index in [1.807, 2.05) is 36.4 Å². The maximum Gasteiger partial charge on any atom is 0.343 e. The van der Waals surface area contributed by atoms with Crippen LogP contribution in [0.5, 0.6) is 0 Å². The Morgan fingerprint density at radius 1 is 1.26 bits per heavy atom. The van der Waals surface area contributed by atoms with Crippen LogP contribution in [0.25, 0.3) is 0 Å². The topological polar surface area (TPSA) is 84.1 Å². The van der Waals surface area contributed by atoms with Gasteiger partial charge in [0.05, 0.1) is 18.6 Å². The standard InChI is InChI=1S/C19H22N4O3S/c1-2-3-11-22-18(25)20-21-19(22)27-14-17(24)23(13-16-10-7-12-26-16)15-8-5-4-6-9-15/h4-10,12H,2-3,11,13-14H2,1H3,(H,20,25). The first-order valence-corrected chi connectivity index (χ1v) is 9.83. The highest BCUT2D eigenvalue weighted by atomic mass is 32.2. The molecule has 0 aliphatic carbocycles. The lowest BCUT2D eigenvalue weighted by atomic mass is 10.2. The number of rotatable bonds is 9. The van der Waals surface area contributed by atoms with Crippen molar-refractivity contribution in [2.24, 2.45) is 0 Å². The number of para-hydroxylation sites is 1. The molecule has 0 aliphatic rings. The van der Waals surface area contributed by atoms with Crippen LogP contribution < -0.4 is 10.6 Å². The number of furan rings is 1. The van der Waals surface area contributed by atoms with Gasteiger partial charge in [-0.1, -0.05) is 43.3 Å². The number of anilines is 1. The van der Waals surface area contributed by atoms with Crippen LogP contribution in [0.15, 0.2) is 63.1 Å². The third kappa shape index (κ3) is 4.91. The summed E-state index contributed by atoms with van der Waals surface area (Å²) in [6.45, 7) is 3.00. The molecule has 0 saturated heterocycles. The van der Waals surface area contributed by atoms with Gasteiger partial charge in [0.2, 0.25) is 5.91 Å². The molecule has 0 fully saturated rings. The molecule has 0 bridgehead atoms. The minimum atomic E-state index is -0.242. The minimum absolute atomic E-state index is 0.0832.